The van der Waals surface area contributed by atoms with Crippen molar-refractivity contribution in [1.29, 1.82) is 0 Å². The predicted molar refractivity (Wildman–Crippen MR) is 73.5 cm³/mol. The van der Waals surface area contributed by atoms with E-state index in [1.165, 1.54) is 0 Å². The summed E-state index contributed by atoms with van der Waals surface area (Å²) in [5, 5.41) is 9.14. The molecule has 0 radical (unpaired) electrons. The Kier molecular flexibility index (Phi) is 5.93. The molecule has 1 N–H and O–H groups in total. The zero-order chi connectivity index (χ0) is 13.7. The number of rotatable bonds is 4. The van der Waals surface area contributed by atoms with Crippen molar-refractivity contribution in [3.05, 3.63) is 0 Å². The minimum atomic E-state index is 0.139. The average molecular weight is 256 g/mol. The quantitative estimate of drug-likeness (QED) is 0.839. The SMILES string of the molecule is CCN(C(=O)N(C)C1CCC(CO)CC1)C(C)C. The summed E-state index contributed by atoms with van der Waals surface area (Å²) in [6.45, 7) is 7.18. The third-order valence-corrected chi connectivity index (χ3v) is 4.13. The van der Waals surface area contributed by atoms with E-state index in [4.69, 9.17) is 5.11 Å². The first-order valence-corrected chi connectivity index (χ1v) is 7.15. The zero-order valence-electron chi connectivity index (χ0n) is 12.2. The fraction of sp³-hybridized carbons (Fsp3) is 0.929. The molecule has 0 heterocycles. The molecule has 0 aromatic carbocycles. The minimum Gasteiger partial charge on any atom is -0.396 e. The molecule has 0 spiro atoms. The molecule has 2 amide bonds. The van der Waals surface area contributed by atoms with E-state index in [0.717, 1.165) is 32.2 Å². The van der Waals surface area contributed by atoms with Crippen molar-refractivity contribution in [3.8, 4) is 0 Å². The van der Waals surface area contributed by atoms with Crippen LogP contribution in [0.5, 0.6) is 0 Å². The molecule has 0 saturated heterocycles. The first-order valence-electron chi connectivity index (χ1n) is 7.15. The van der Waals surface area contributed by atoms with Crippen LogP contribution < -0.4 is 0 Å². The predicted octanol–water partition coefficient (Wildman–Crippen LogP) is 2.32. The lowest BCUT2D eigenvalue weighted by atomic mass is 9.86. The van der Waals surface area contributed by atoms with E-state index in [0.29, 0.717) is 12.0 Å². The Morgan fingerprint density at radius 1 is 1.28 bits per heavy atom. The number of amides is 2. The van der Waals surface area contributed by atoms with Gasteiger partial charge < -0.3 is 14.9 Å². The van der Waals surface area contributed by atoms with Crippen LogP contribution in [-0.2, 0) is 0 Å². The molecular formula is C14H28N2O2. The molecule has 1 aliphatic carbocycles. The van der Waals surface area contributed by atoms with Crippen LogP contribution >= 0.6 is 0 Å². The number of urea groups is 1. The van der Waals surface area contributed by atoms with E-state index in [-0.39, 0.29) is 18.7 Å². The third kappa shape index (κ3) is 3.61. The highest BCUT2D eigenvalue weighted by Crippen LogP contribution is 2.27. The van der Waals surface area contributed by atoms with Gasteiger partial charge in [0.15, 0.2) is 0 Å². The maximum atomic E-state index is 12.4. The molecule has 4 nitrogen and oxygen atoms in total. The van der Waals surface area contributed by atoms with Crippen molar-refractivity contribution < 1.29 is 9.90 Å². The first kappa shape index (κ1) is 15.3. The average Bonchev–Trinajstić information content (AvgIpc) is 2.38. The fourth-order valence-electron chi connectivity index (χ4n) is 2.79. The molecule has 0 unspecified atom stereocenters. The van der Waals surface area contributed by atoms with E-state index in [2.05, 4.69) is 13.8 Å². The molecular weight excluding hydrogens is 228 g/mol. The van der Waals surface area contributed by atoms with Gasteiger partial charge in [-0.15, -0.1) is 0 Å². The molecule has 1 aliphatic rings. The number of aliphatic hydroxyl groups excluding tert-OH is 1. The second-order valence-electron chi connectivity index (χ2n) is 5.63. The normalized spacial score (nSPS) is 24.1. The maximum absolute atomic E-state index is 12.4. The van der Waals surface area contributed by atoms with Crippen molar-refractivity contribution >= 4 is 6.03 Å². The summed E-state index contributed by atoms with van der Waals surface area (Å²) in [6.07, 6.45) is 4.10. The van der Waals surface area contributed by atoms with E-state index in [1.807, 2.05) is 23.8 Å². The summed E-state index contributed by atoms with van der Waals surface area (Å²) in [4.78, 5) is 16.2. The summed E-state index contributed by atoms with van der Waals surface area (Å²) >= 11 is 0. The Hall–Kier alpha value is -0.770. The molecule has 1 saturated carbocycles. The Morgan fingerprint density at radius 3 is 2.22 bits per heavy atom. The second-order valence-corrected chi connectivity index (χ2v) is 5.63. The molecule has 4 heteroatoms. The molecule has 0 aliphatic heterocycles. The van der Waals surface area contributed by atoms with E-state index in [1.54, 1.807) is 0 Å². The van der Waals surface area contributed by atoms with Crippen LogP contribution in [0.2, 0.25) is 0 Å². The van der Waals surface area contributed by atoms with Gasteiger partial charge in [0.1, 0.15) is 0 Å². The lowest BCUT2D eigenvalue weighted by Crippen LogP contribution is -2.49. The first-order chi connectivity index (χ1) is 8.51. The topological polar surface area (TPSA) is 43.8 Å². The Morgan fingerprint density at radius 2 is 1.83 bits per heavy atom. The van der Waals surface area contributed by atoms with Crippen LogP contribution in [0.3, 0.4) is 0 Å². The van der Waals surface area contributed by atoms with E-state index < -0.39 is 0 Å². The van der Waals surface area contributed by atoms with Gasteiger partial charge in [0, 0.05) is 32.3 Å². The minimum absolute atomic E-state index is 0.139. The van der Waals surface area contributed by atoms with Crippen LogP contribution in [-0.4, -0.2) is 53.2 Å². The molecule has 0 bridgehead atoms. The number of hydrogen-bond donors (Lipinski definition) is 1. The molecule has 1 fully saturated rings. The van der Waals surface area contributed by atoms with Crippen LogP contribution in [0.4, 0.5) is 4.79 Å². The molecule has 18 heavy (non-hydrogen) atoms. The number of hydrogen-bond acceptors (Lipinski definition) is 2. The van der Waals surface area contributed by atoms with Crippen molar-refractivity contribution in [3.63, 3.8) is 0 Å². The number of nitrogens with zero attached hydrogens (tertiary/aromatic N) is 2. The van der Waals surface area contributed by atoms with Crippen molar-refractivity contribution in [1.82, 2.24) is 9.80 Å². The molecule has 0 aromatic rings. The third-order valence-electron chi connectivity index (χ3n) is 4.13. The van der Waals surface area contributed by atoms with Gasteiger partial charge >= 0.3 is 6.03 Å². The molecule has 0 aromatic heterocycles. The lowest BCUT2D eigenvalue weighted by molar-refractivity contribution is 0.107. The van der Waals surface area contributed by atoms with Gasteiger partial charge in [0.2, 0.25) is 0 Å². The van der Waals surface area contributed by atoms with Gasteiger partial charge in [0.25, 0.3) is 0 Å². The highest BCUT2D eigenvalue weighted by Gasteiger charge is 2.28. The Bertz CT molecular complexity index is 261. The largest absolute Gasteiger partial charge is 0.396 e. The van der Waals surface area contributed by atoms with Crippen LogP contribution in [0.1, 0.15) is 46.5 Å². The van der Waals surface area contributed by atoms with Gasteiger partial charge in [-0.1, -0.05) is 0 Å². The van der Waals surface area contributed by atoms with Gasteiger partial charge in [-0.2, -0.15) is 0 Å². The van der Waals surface area contributed by atoms with Crippen LogP contribution in [0.25, 0.3) is 0 Å². The standard InChI is InChI=1S/C14H28N2O2/c1-5-16(11(2)3)14(18)15(4)13-8-6-12(10-17)7-9-13/h11-13,17H,5-10H2,1-4H3. The van der Waals surface area contributed by atoms with Gasteiger partial charge in [-0.3, -0.25) is 0 Å². The van der Waals surface area contributed by atoms with Gasteiger partial charge in [0.05, 0.1) is 0 Å². The van der Waals surface area contributed by atoms with Gasteiger partial charge in [-0.05, 0) is 52.4 Å². The summed E-state index contributed by atoms with van der Waals surface area (Å²) in [6, 6.07) is 0.728. The number of carbonyl (C=O) groups is 1. The Labute approximate surface area is 111 Å². The van der Waals surface area contributed by atoms with Crippen LogP contribution in [0.15, 0.2) is 0 Å². The van der Waals surface area contributed by atoms with Crippen LogP contribution in [0, 0.1) is 5.92 Å². The number of carbonyl (C=O) groups excluding carboxylic acids is 1. The number of aliphatic hydroxyl groups is 1. The van der Waals surface area contributed by atoms with E-state index >= 15 is 0 Å². The maximum Gasteiger partial charge on any atom is 0.320 e. The smallest absolute Gasteiger partial charge is 0.320 e. The summed E-state index contributed by atoms with van der Waals surface area (Å²) in [5.41, 5.74) is 0. The second kappa shape index (κ2) is 6.98. The molecule has 0 atom stereocenters. The lowest BCUT2D eigenvalue weighted by Gasteiger charge is -2.38. The molecule has 106 valence electrons. The summed E-state index contributed by atoms with van der Waals surface area (Å²) < 4.78 is 0. The summed E-state index contributed by atoms with van der Waals surface area (Å²) in [7, 11) is 1.91. The van der Waals surface area contributed by atoms with Crippen molar-refractivity contribution in [2.45, 2.75) is 58.5 Å². The van der Waals surface area contributed by atoms with Gasteiger partial charge in [-0.25, -0.2) is 4.79 Å². The summed E-state index contributed by atoms with van der Waals surface area (Å²) in [5.74, 6) is 0.442. The molecule has 1 rings (SSSR count). The van der Waals surface area contributed by atoms with Crippen molar-refractivity contribution in [2.75, 3.05) is 20.2 Å². The Balaban J connectivity index is 2.54. The monoisotopic (exact) mass is 256 g/mol. The fourth-order valence-corrected chi connectivity index (χ4v) is 2.79. The highest BCUT2D eigenvalue weighted by atomic mass is 16.3. The van der Waals surface area contributed by atoms with E-state index in [9.17, 15) is 4.79 Å². The zero-order valence-corrected chi connectivity index (χ0v) is 12.2. The highest BCUT2D eigenvalue weighted by molar-refractivity contribution is 5.74. The van der Waals surface area contributed by atoms with Crippen molar-refractivity contribution in [2.24, 2.45) is 5.92 Å².